The first-order chi connectivity index (χ1) is 9.22. The van der Waals surface area contributed by atoms with E-state index in [0.29, 0.717) is 0 Å². The molecule has 3 nitrogen and oxygen atoms in total. The van der Waals surface area contributed by atoms with Crippen molar-refractivity contribution in [2.24, 2.45) is 0 Å². The molecule has 102 valence electrons. The van der Waals surface area contributed by atoms with Crippen LogP contribution in [0.5, 0.6) is 0 Å². The predicted octanol–water partition coefficient (Wildman–Crippen LogP) is 2.27. The largest absolute Gasteiger partial charge is 0.394 e. The molecular formula is C15H19NO2S. The van der Waals surface area contributed by atoms with Crippen LogP contribution in [0.1, 0.15) is 16.5 Å². The van der Waals surface area contributed by atoms with E-state index in [4.69, 9.17) is 0 Å². The molecule has 2 atom stereocenters. The topological polar surface area (TPSA) is 43.7 Å². The number of hydrogen-bond donors (Lipinski definition) is 2. The minimum Gasteiger partial charge on any atom is -0.394 e. The van der Waals surface area contributed by atoms with Gasteiger partial charge in [-0.25, -0.2) is 0 Å². The Labute approximate surface area is 117 Å². The molecule has 0 saturated carbocycles. The molecule has 0 bridgehead atoms. The van der Waals surface area contributed by atoms with Crippen molar-refractivity contribution in [2.45, 2.75) is 18.7 Å². The fraction of sp³-hybridized carbons (Fsp3) is 0.333. The lowest BCUT2D eigenvalue weighted by Gasteiger charge is -2.30. The van der Waals surface area contributed by atoms with Crippen LogP contribution in [-0.4, -0.2) is 34.9 Å². The van der Waals surface area contributed by atoms with Gasteiger partial charge in [0.2, 0.25) is 0 Å². The second kappa shape index (κ2) is 6.82. The van der Waals surface area contributed by atoms with Gasteiger partial charge in [0, 0.05) is 11.4 Å². The number of rotatable bonds is 6. The summed E-state index contributed by atoms with van der Waals surface area (Å²) in [4.78, 5) is 3.14. The van der Waals surface area contributed by atoms with E-state index < -0.39 is 6.10 Å². The van der Waals surface area contributed by atoms with Gasteiger partial charge in [-0.3, -0.25) is 4.90 Å². The lowest BCUT2D eigenvalue weighted by molar-refractivity contribution is 0.0179. The van der Waals surface area contributed by atoms with Crippen molar-refractivity contribution >= 4 is 11.3 Å². The van der Waals surface area contributed by atoms with Crippen LogP contribution in [0, 0.1) is 0 Å². The molecule has 2 unspecified atom stereocenters. The van der Waals surface area contributed by atoms with Crippen molar-refractivity contribution in [3.63, 3.8) is 0 Å². The van der Waals surface area contributed by atoms with Gasteiger partial charge in [-0.1, -0.05) is 36.4 Å². The number of benzene rings is 1. The molecule has 0 spiro atoms. The third kappa shape index (κ3) is 3.64. The highest BCUT2D eigenvalue weighted by molar-refractivity contribution is 7.10. The number of aliphatic hydroxyl groups excluding tert-OH is 2. The Kier molecular flexibility index (Phi) is 5.10. The lowest BCUT2D eigenvalue weighted by atomic mass is 10.1. The number of likely N-dealkylation sites (N-methyl/N-ethyl adjacent to an activating group) is 1. The highest BCUT2D eigenvalue weighted by atomic mass is 32.1. The van der Waals surface area contributed by atoms with Gasteiger partial charge in [0.25, 0.3) is 0 Å². The third-order valence-corrected chi connectivity index (χ3v) is 4.08. The highest BCUT2D eigenvalue weighted by Crippen LogP contribution is 2.28. The second-order valence-electron chi connectivity index (χ2n) is 4.61. The van der Waals surface area contributed by atoms with Crippen molar-refractivity contribution in [3.05, 3.63) is 58.3 Å². The lowest BCUT2D eigenvalue weighted by Crippen LogP contribution is -2.35. The van der Waals surface area contributed by atoms with Gasteiger partial charge in [-0.05, 0) is 24.1 Å². The summed E-state index contributed by atoms with van der Waals surface area (Å²) in [5.41, 5.74) is 1.19. The number of hydrogen-bond acceptors (Lipinski definition) is 4. The highest BCUT2D eigenvalue weighted by Gasteiger charge is 2.25. The quantitative estimate of drug-likeness (QED) is 0.851. The fourth-order valence-corrected chi connectivity index (χ4v) is 3.18. The molecule has 0 aliphatic rings. The Balaban J connectivity index is 2.14. The maximum atomic E-state index is 10.1. The Morgan fingerprint density at radius 1 is 1.16 bits per heavy atom. The molecule has 0 aliphatic heterocycles. The second-order valence-corrected chi connectivity index (χ2v) is 5.59. The molecule has 1 aromatic heterocycles. The van der Waals surface area contributed by atoms with Crippen LogP contribution in [0.15, 0.2) is 47.8 Å². The van der Waals surface area contributed by atoms with Crippen LogP contribution in [-0.2, 0) is 6.54 Å². The minimum atomic E-state index is -0.771. The number of nitrogens with zero attached hydrogens (tertiary/aromatic N) is 1. The molecule has 0 fully saturated rings. The molecule has 4 heteroatoms. The molecule has 0 aliphatic carbocycles. The summed E-state index contributed by atoms with van der Waals surface area (Å²) >= 11 is 1.60. The summed E-state index contributed by atoms with van der Waals surface area (Å²) in [5, 5.41) is 21.3. The SMILES string of the molecule is CN(Cc1ccccc1)C(c1cccs1)C(O)CO. The van der Waals surface area contributed by atoms with Crippen molar-refractivity contribution in [1.82, 2.24) is 4.90 Å². The molecule has 19 heavy (non-hydrogen) atoms. The van der Waals surface area contributed by atoms with Gasteiger partial charge in [-0.2, -0.15) is 0 Å². The van der Waals surface area contributed by atoms with Gasteiger partial charge < -0.3 is 10.2 Å². The molecule has 2 rings (SSSR count). The van der Waals surface area contributed by atoms with Crippen LogP contribution >= 0.6 is 11.3 Å². The van der Waals surface area contributed by atoms with Crippen molar-refractivity contribution in [3.8, 4) is 0 Å². The Morgan fingerprint density at radius 3 is 2.47 bits per heavy atom. The van der Waals surface area contributed by atoms with Crippen LogP contribution in [0.25, 0.3) is 0 Å². The maximum absolute atomic E-state index is 10.1. The van der Waals surface area contributed by atoms with Crippen molar-refractivity contribution < 1.29 is 10.2 Å². The van der Waals surface area contributed by atoms with Crippen LogP contribution < -0.4 is 0 Å². The third-order valence-electron chi connectivity index (χ3n) is 3.14. The average molecular weight is 277 g/mol. The van der Waals surface area contributed by atoms with E-state index in [1.807, 2.05) is 42.8 Å². The van der Waals surface area contributed by atoms with Gasteiger partial charge in [0.05, 0.1) is 18.8 Å². The molecular weight excluding hydrogens is 258 g/mol. The van der Waals surface area contributed by atoms with E-state index in [2.05, 4.69) is 17.0 Å². The van der Waals surface area contributed by atoms with Crippen LogP contribution in [0.3, 0.4) is 0 Å². The van der Waals surface area contributed by atoms with Gasteiger partial charge in [-0.15, -0.1) is 11.3 Å². The first kappa shape index (κ1) is 14.2. The Bertz CT molecular complexity index is 472. The molecule has 1 heterocycles. The summed E-state index contributed by atoms with van der Waals surface area (Å²) in [6.45, 7) is 0.502. The smallest absolute Gasteiger partial charge is 0.0975 e. The van der Waals surface area contributed by atoms with E-state index in [1.165, 1.54) is 5.56 Å². The number of aliphatic hydroxyl groups is 2. The fourth-order valence-electron chi connectivity index (χ4n) is 2.23. The summed E-state index contributed by atoms with van der Waals surface area (Å²) in [6, 6.07) is 13.9. The van der Waals surface area contributed by atoms with Gasteiger partial charge in [0.1, 0.15) is 0 Å². The minimum absolute atomic E-state index is 0.176. The van der Waals surface area contributed by atoms with Crippen LogP contribution in [0.2, 0.25) is 0 Å². The first-order valence-corrected chi connectivity index (χ1v) is 7.17. The van der Waals surface area contributed by atoms with Gasteiger partial charge >= 0.3 is 0 Å². The predicted molar refractivity (Wildman–Crippen MR) is 78.1 cm³/mol. The zero-order valence-corrected chi connectivity index (χ0v) is 11.8. The molecule has 2 aromatic rings. The standard InChI is InChI=1S/C15H19NO2S/c1-16(10-12-6-3-2-4-7-12)15(13(18)11-17)14-8-5-9-19-14/h2-9,13,15,17-18H,10-11H2,1H3. The molecule has 2 N–H and O–H groups in total. The van der Waals surface area contributed by atoms with E-state index in [0.717, 1.165) is 11.4 Å². The maximum Gasteiger partial charge on any atom is 0.0975 e. The van der Waals surface area contributed by atoms with E-state index >= 15 is 0 Å². The molecule has 0 saturated heterocycles. The molecule has 0 radical (unpaired) electrons. The van der Waals surface area contributed by atoms with Crippen molar-refractivity contribution in [2.75, 3.05) is 13.7 Å². The molecule has 1 aromatic carbocycles. The van der Waals surface area contributed by atoms with E-state index in [1.54, 1.807) is 11.3 Å². The molecule has 0 amide bonds. The zero-order valence-electron chi connectivity index (χ0n) is 10.9. The zero-order chi connectivity index (χ0) is 13.7. The summed E-state index contributed by atoms with van der Waals surface area (Å²) in [5.74, 6) is 0. The van der Waals surface area contributed by atoms with Crippen LogP contribution in [0.4, 0.5) is 0 Å². The normalized spacial score (nSPS) is 14.5. The van der Waals surface area contributed by atoms with Gasteiger partial charge in [0.15, 0.2) is 0 Å². The first-order valence-electron chi connectivity index (χ1n) is 6.29. The monoisotopic (exact) mass is 277 g/mol. The average Bonchev–Trinajstić information content (AvgIpc) is 2.93. The summed E-state index contributed by atoms with van der Waals surface area (Å²) in [6.07, 6.45) is -0.771. The summed E-state index contributed by atoms with van der Waals surface area (Å²) in [7, 11) is 1.97. The van der Waals surface area contributed by atoms with E-state index in [-0.39, 0.29) is 12.6 Å². The number of thiophene rings is 1. The summed E-state index contributed by atoms with van der Waals surface area (Å²) < 4.78 is 0. The Hall–Kier alpha value is -1.20. The Morgan fingerprint density at radius 2 is 1.89 bits per heavy atom. The van der Waals surface area contributed by atoms with Crippen molar-refractivity contribution in [1.29, 1.82) is 0 Å². The van der Waals surface area contributed by atoms with E-state index in [9.17, 15) is 10.2 Å².